The first-order valence-corrected chi connectivity index (χ1v) is 7.78. The zero-order valence-electron chi connectivity index (χ0n) is 13.6. The highest BCUT2D eigenvalue weighted by Crippen LogP contribution is 2.32. The largest absolute Gasteiger partial charge is 0.506 e. The Morgan fingerprint density at radius 1 is 1.29 bits per heavy atom. The predicted molar refractivity (Wildman–Crippen MR) is 91.4 cm³/mol. The van der Waals surface area contributed by atoms with E-state index in [0.29, 0.717) is 29.2 Å². The molecule has 2 aromatic rings. The topological polar surface area (TPSA) is 67.8 Å². The Kier molecular flexibility index (Phi) is 4.53. The van der Waals surface area contributed by atoms with Gasteiger partial charge in [-0.15, -0.1) is 0 Å². The number of anilines is 1. The van der Waals surface area contributed by atoms with Crippen molar-refractivity contribution in [1.82, 2.24) is 0 Å². The molecule has 0 spiro atoms. The van der Waals surface area contributed by atoms with E-state index in [9.17, 15) is 9.90 Å². The Balaban J connectivity index is 1.95. The molecule has 5 nitrogen and oxygen atoms in total. The molecule has 1 atom stereocenters. The van der Waals surface area contributed by atoms with Crippen molar-refractivity contribution in [1.29, 1.82) is 0 Å². The van der Waals surface area contributed by atoms with Crippen molar-refractivity contribution < 1.29 is 19.4 Å². The number of aromatic hydroxyl groups is 1. The van der Waals surface area contributed by atoms with Crippen LogP contribution < -0.4 is 10.1 Å². The van der Waals surface area contributed by atoms with E-state index < -0.39 is 6.29 Å². The zero-order valence-corrected chi connectivity index (χ0v) is 13.6. The minimum Gasteiger partial charge on any atom is -0.506 e. The van der Waals surface area contributed by atoms with Crippen LogP contribution in [-0.2, 0) is 4.74 Å². The van der Waals surface area contributed by atoms with Gasteiger partial charge in [0.25, 0.3) is 0 Å². The fourth-order valence-electron chi connectivity index (χ4n) is 2.53. The molecule has 2 N–H and O–H groups in total. The SMILES string of the molecule is CCOC1Oc2ccc(C)cc2C(=O)/C1=C\Nc1ccccc1O. The lowest BCUT2D eigenvalue weighted by molar-refractivity contribution is -0.0509. The summed E-state index contributed by atoms with van der Waals surface area (Å²) in [7, 11) is 0. The minimum atomic E-state index is -0.781. The number of fused-ring (bicyclic) bond motifs is 1. The summed E-state index contributed by atoms with van der Waals surface area (Å²) >= 11 is 0. The van der Waals surface area contributed by atoms with Crippen molar-refractivity contribution in [3.63, 3.8) is 0 Å². The summed E-state index contributed by atoms with van der Waals surface area (Å²) in [6.07, 6.45) is 0.749. The number of nitrogens with one attached hydrogen (secondary N) is 1. The fourth-order valence-corrected chi connectivity index (χ4v) is 2.53. The summed E-state index contributed by atoms with van der Waals surface area (Å²) in [6, 6.07) is 12.3. The number of para-hydroxylation sites is 2. The Morgan fingerprint density at radius 3 is 2.83 bits per heavy atom. The third kappa shape index (κ3) is 3.12. The number of phenolic OH excluding ortho intramolecular Hbond substituents is 1. The number of phenols is 1. The van der Waals surface area contributed by atoms with E-state index in [4.69, 9.17) is 9.47 Å². The smallest absolute Gasteiger partial charge is 0.232 e. The first kappa shape index (κ1) is 16.1. The molecule has 24 heavy (non-hydrogen) atoms. The summed E-state index contributed by atoms with van der Waals surface area (Å²) in [5, 5.41) is 12.8. The van der Waals surface area contributed by atoms with Gasteiger partial charge in [0.15, 0.2) is 5.78 Å². The van der Waals surface area contributed by atoms with E-state index in [2.05, 4.69) is 5.32 Å². The first-order chi connectivity index (χ1) is 11.6. The van der Waals surface area contributed by atoms with E-state index in [1.807, 2.05) is 19.9 Å². The van der Waals surface area contributed by atoms with Crippen LogP contribution in [0.3, 0.4) is 0 Å². The summed E-state index contributed by atoms with van der Waals surface area (Å²) < 4.78 is 11.4. The summed E-state index contributed by atoms with van der Waals surface area (Å²) in [4.78, 5) is 12.8. The molecule has 0 aliphatic carbocycles. The second-order valence-corrected chi connectivity index (χ2v) is 5.50. The van der Waals surface area contributed by atoms with E-state index in [0.717, 1.165) is 5.56 Å². The normalized spacial score (nSPS) is 18.2. The Bertz CT molecular complexity index is 798. The molecular weight excluding hydrogens is 306 g/mol. The van der Waals surface area contributed by atoms with Crippen LogP contribution in [-0.4, -0.2) is 23.8 Å². The highest BCUT2D eigenvalue weighted by Gasteiger charge is 2.32. The van der Waals surface area contributed by atoms with Gasteiger partial charge >= 0.3 is 0 Å². The molecule has 0 saturated carbocycles. The van der Waals surface area contributed by atoms with Crippen LogP contribution in [0, 0.1) is 6.92 Å². The molecule has 1 aliphatic rings. The molecule has 5 heteroatoms. The van der Waals surface area contributed by atoms with Crippen molar-refractivity contribution in [2.24, 2.45) is 0 Å². The maximum absolute atomic E-state index is 12.8. The monoisotopic (exact) mass is 325 g/mol. The quantitative estimate of drug-likeness (QED) is 0.663. The molecule has 0 amide bonds. The number of benzene rings is 2. The molecule has 3 rings (SSSR count). The number of aryl methyl sites for hydroxylation is 1. The van der Waals surface area contributed by atoms with Crippen LogP contribution in [0.2, 0.25) is 0 Å². The third-order valence-electron chi connectivity index (χ3n) is 3.74. The molecule has 0 radical (unpaired) electrons. The molecule has 1 aliphatic heterocycles. The molecule has 0 aromatic heterocycles. The Morgan fingerprint density at radius 2 is 2.08 bits per heavy atom. The first-order valence-electron chi connectivity index (χ1n) is 7.78. The highest BCUT2D eigenvalue weighted by molar-refractivity contribution is 6.12. The van der Waals surface area contributed by atoms with Crippen LogP contribution in [0.15, 0.2) is 54.2 Å². The van der Waals surface area contributed by atoms with Crippen molar-refractivity contribution >= 4 is 11.5 Å². The Labute approximate surface area is 140 Å². The Hall–Kier alpha value is -2.79. The van der Waals surface area contributed by atoms with Gasteiger partial charge in [-0.3, -0.25) is 4.79 Å². The molecule has 0 saturated heterocycles. The molecular formula is C19H19NO4. The number of hydrogen-bond donors (Lipinski definition) is 2. The maximum Gasteiger partial charge on any atom is 0.232 e. The van der Waals surface area contributed by atoms with Crippen molar-refractivity contribution in [3.8, 4) is 11.5 Å². The molecule has 124 valence electrons. The van der Waals surface area contributed by atoms with Gasteiger partial charge in [0.05, 0.1) is 16.8 Å². The highest BCUT2D eigenvalue weighted by atomic mass is 16.7. The second-order valence-electron chi connectivity index (χ2n) is 5.50. The number of rotatable bonds is 4. The van der Waals surface area contributed by atoms with E-state index in [1.54, 1.807) is 36.4 Å². The third-order valence-corrected chi connectivity index (χ3v) is 3.74. The van der Waals surface area contributed by atoms with Gasteiger partial charge in [0.2, 0.25) is 6.29 Å². The van der Waals surface area contributed by atoms with Crippen molar-refractivity contribution in [3.05, 3.63) is 65.4 Å². The summed E-state index contributed by atoms with van der Waals surface area (Å²) in [6.45, 7) is 4.17. The van der Waals surface area contributed by atoms with Crippen LogP contribution in [0.25, 0.3) is 0 Å². The van der Waals surface area contributed by atoms with E-state index in [1.165, 1.54) is 6.20 Å². The number of carbonyl (C=O) groups excluding carboxylic acids is 1. The lowest BCUT2D eigenvalue weighted by Gasteiger charge is -2.27. The molecule has 1 unspecified atom stereocenters. The van der Waals surface area contributed by atoms with Crippen LogP contribution >= 0.6 is 0 Å². The average Bonchev–Trinajstić information content (AvgIpc) is 2.57. The maximum atomic E-state index is 12.8. The lowest BCUT2D eigenvalue weighted by atomic mass is 9.98. The number of hydrogen-bond acceptors (Lipinski definition) is 5. The zero-order chi connectivity index (χ0) is 17.1. The number of ether oxygens (including phenoxy) is 2. The van der Waals surface area contributed by atoms with Gasteiger partial charge in [-0.1, -0.05) is 23.8 Å². The lowest BCUT2D eigenvalue weighted by Crippen LogP contribution is -2.33. The van der Waals surface area contributed by atoms with Crippen LogP contribution in [0.4, 0.5) is 5.69 Å². The van der Waals surface area contributed by atoms with Gasteiger partial charge in [0.1, 0.15) is 11.5 Å². The molecule has 2 aromatic carbocycles. The van der Waals surface area contributed by atoms with Crippen molar-refractivity contribution in [2.45, 2.75) is 20.1 Å². The van der Waals surface area contributed by atoms with E-state index in [-0.39, 0.29) is 11.5 Å². The van der Waals surface area contributed by atoms with Gasteiger partial charge in [-0.2, -0.15) is 0 Å². The van der Waals surface area contributed by atoms with Gasteiger partial charge in [-0.25, -0.2) is 0 Å². The second kappa shape index (κ2) is 6.76. The number of Topliss-reactive ketones (excluding diaryl/α,β-unsaturated/α-hetero) is 1. The number of carbonyl (C=O) groups is 1. The molecule has 0 bridgehead atoms. The molecule has 0 fully saturated rings. The fraction of sp³-hybridized carbons (Fsp3) is 0.211. The van der Waals surface area contributed by atoms with Gasteiger partial charge in [-0.05, 0) is 38.1 Å². The van der Waals surface area contributed by atoms with Crippen molar-refractivity contribution in [2.75, 3.05) is 11.9 Å². The number of ketones is 1. The average molecular weight is 325 g/mol. The van der Waals surface area contributed by atoms with Crippen LogP contribution in [0.1, 0.15) is 22.8 Å². The van der Waals surface area contributed by atoms with Gasteiger partial charge < -0.3 is 19.9 Å². The predicted octanol–water partition coefficient (Wildman–Crippen LogP) is 3.63. The summed E-state index contributed by atoms with van der Waals surface area (Å²) in [5.41, 5.74) is 2.35. The van der Waals surface area contributed by atoms with Crippen LogP contribution in [0.5, 0.6) is 11.5 Å². The van der Waals surface area contributed by atoms with E-state index >= 15 is 0 Å². The van der Waals surface area contributed by atoms with Gasteiger partial charge in [0, 0.05) is 12.8 Å². The summed E-state index contributed by atoms with van der Waals surface area (Å²) in [5.74, 6) is 0.466. The molecule has 1 heterocycles. The minimum absolute atomic E-state index is 0.0998. The standard InChI is InChI=1S/C19H19NO4/c1-3-23-19-14(11-20-15-6-4-5-7-16(15)21)18(22)13-10-12(2)8-9-17(13)24-19/h4-11,19-21H,3H2,1-2H3/b14-11+.